The number of carbonyl (C=O) groups excluding carboxylic acids is 1. The molecule has 1 aromatic heterocycles. The zero-order valence-electron chi connectivity index (χ0n) is 21.4. The molecule has 3 N–H and O–H groups in total. The van der Waals surface area contributed by atoms with E-state index in [0.29, 0.717) is 24.9 Å². The summed E-state index contributed by atoms with van der Waals surface area (Å²) in [4.78, 5) is 13.8. The third-order valence-corrected chi connectivity index (χ3v) is 9.78. The van der Waals surface area contributed by atoms with Gasteiger partial charge in [0.1, 0.15) is 5.56 Å². The number of nitrogens with one attached hydrogen (secondary N) is 1. The van der Waals surface area contributed by atoms with Gasteiger partial charge in [0.2, 0.25) is 0 Å². The van der Waals surface area contributed by atoms with Crippen LogP contribution in [0.15, 0.2) is 35.4 Å². The third kappa shape index (κ3) is 5.49. The van der Waals surface area contributed by atoms with Gasteiger partial charge < -0.3 is 11.1 Å². The maximum absolute atomic E-state index is 12.8. The average molecular weight is 565 g/mol. The first-order valence-electron chi connectivity index (χ1n) is 13.1. The van der Waals surface area contributed by atoms with Crippen LogP contribution in [0.3, 0.4) is 0 Å². The topological polar surface area (TPSA) is 134 Å². The molecule has 1 aromatic carbocycles. The molecule has 3 aliphatic rings. The van der Waals surface area contributed by atoms with E-state index < -0.39 is 26.1 Å². The summed E-state index contributed by atoms with van der Waals surface area (Å²) in [5.74, 6) is 0.513. The maximum atomic E-state index is 12.8. The summed E-state index contributed by atoms with van der Waals surface area (Å²) in [5, 5.41) is 17.4. The highest BCUT2D eigenvalue weighted by molar-refractivity contribution is 7.92. The first kappa shape index (κ1) is 27.5. The van der Waals surface area contributed by atoms with Crippen LogP contribution in [0.5, 0.6) is 0 Å². The molecule has 1 amide bonds. The van der Waals surface area contributed by atoms with E-state index in [0.717, 1.165) is 42.5 Å². The van der Waals surface area contributed by atoms with Crippen LogP contribution < -0.4 is 11.1 Å². The zero-order valence-corrected chi connectivity index (χ0v) is 22.3. The minimum atomic E-state index is -5.48. The molecule has 3 atom stereocenters. The van der Waals surface area contributed by atoms with Crippen molar-refractivity contribution < 1.29 is 26.4 Å². The van der Waals surface area contributed by atoms with Crippen LogP contribution in [0.4, 0.5) is 24.7 Å². The van der Waals surface area contributed by atoms with Crippen LogP contribution in [0.25, 0.3) is 0 Å². The van der Waals surface area contributed by atoms with Crippen molar-refractivity contribution in [2.24, 2.45) is 23.5 Å². The van der Waals surface area contributed by atoms with E-state index in [-0.39, 0.29) is 29.0 Å². The van der Waals surface area contributed by atoms with Crippen molar-refractivity contribution in [2.45, 2.75) is 73.5 Å². The number of primary amides is 1. The van der Waals surface area contributed by atoms with E-state index in [1.807, 2.05) is 0 Å². The average Bonchev–Trinajstić information content (AvgIpc) is 3.83. The third-order valence-electron chi connectivity index (χ3n) is 8.28. The summed E-state index contributed by atoms with van der Waals surface area (Å²) in [7, 11) is -3.29. The van der Waals surface area contributed by atoms with Crippen molar-refractivity contribution in [1.82, 2.24) is 14.7 Å². The molecule has 2 aromatic rings. The Labute approximate surface area is 225 Å². The van der Waals surface area contributed by atoms with Gasteiger partial charge in [0.15, 0.2) is 5.82 Å². The first-order valence-corrected chi connectivity index (χ1v) is 14.6. The number of anilines is 2. The zero-order chi connectivity index (χ0) is 28.1. The number of amides is 1. The van der Waals surface area contributed by atoms with Crippen molar-refractivity contribution in [3.63, 3.8) is 0 Å². The molecule has 3 saturated carbocycles. The molecule has 5 rings (SSSR count). The highest BCUT2D eigenvalue weighted by atomic mass is 32.2. The van der Waals surface area contributed by atoms with Crippen molar-refractivity contribution in [1.29, 1.82) is 5.26 Å². The van der Waals surface area contributed by atoms with Crippen molar-refractivity contribution in [3.05, 3.63) is 36.0 Å². The highest BCUT2D eigenvalue weighted by Crippen LogP contribution is 2.49. The molecule has 0 radical (unpaired) electrons. The van der Waals surface area contributed by atoms with E-state index >= 15 is 0 Å². The Morgan fingerprint density at radius 3 is 2.28 bits per heavy atom. The van der Waals surface area contributed by atoms with Crippen LogP contribution in [-0.2, 0) is 9.84 Å². The number of hydrogen-bond donors (Lipinski definition) is 2. The number of nitrogens with zero attached hydrogens (tertiary/aromatic N) is 4. The van der Waals surface area contributed by atoms with Gasteiger partial charge in [-0.25, -0.2) is 8.42 Å². The molecule has 0 spiro atoms. The Balaban J connectivity index is 1.32. The molecule has 0 bridgehead atoms. The number of sulfone groups is 1. The second-order valence-electron chi connectivity index (χ2n) is 10.9. The van der Waals surface area contributed by atoms with Gasteiger partial charge >= 0.3 is 5.51 Å². The molecule has 0 aliphatic heterocycles. The predicted octanol–water partition coefficient (Wildman–Crippen LogP) is 4.37. The van der Waals surface area contributed by atoms with Crippen LogP contribution in [0.1, 0.15) is 61.3 Å². The number of halogens is 3. The van der Waals surface area contributed by atoms with E-state index in [1.165, 1.54) is 31.9 Å². The number of alkyl halides is 3. The number of hydrogen-bond acceptors (Lipinski definition) is 7. The van der Waals surface area contributed by atoms with Gasteiger partial charge in [-0.3, -0.25) is 14.4 Å². The monoisotopic (exact) mass is 564 g/mol. The van der Waals surface area contributed by atoms with Gasteiger partial charge in [-0.05, 0) is 88.1 Å². The Hall–Kier alpha value is -3.11. The Bertz CT molecular complexity index is 1370. The number of rotatable bonds is 9. The van der Waals surface area contributed by atoms with E-state index in [1.54, 1.807) is 4.68 Å². The van der Waals surface area contributed by atoms with Gasteiger partial charge in [-0.1, -0.05) is 0 Å². The lowest BCUT2D eigenvalue weighted by Crippen LogP contribution is -2.46. The number of aromatic nitrogens is 2. The number of carbonyl (C=O) groups is 1. The van der Waals surface area contributed by atoms with Gasteiger partial charge in [0.05, 0.1) is 22.9 Å². The fourth-order valence-electron chi connectivity index (χ4n) is 5.95. The van der Waals surface area contributed by atoms with Crippen LogP contribution in [0.2, 0.25) is 0 Å². The SMILES string of the molecule is CN(C1CCC(n2cc(C(N)=O)c(Nc3ccc(S(=O)(=O)C(F)(F)F)cc3)n2)C(C#N)C1)C(C1CC1)C1CC1. The first-order chi connectivity index (χ1) is 18.4. The number of benzene rings is 1. The molecular formula is C26H31F3N6O3S. The lowest BCUT2D eigenvalue weighted by atomic mass is 9.81. The molecule has 0 saturated heterocycles. The van der Waals surface area contributed by atoms with Crippen molar-refractivity contribution in [2.75, 3.05) is 12.4 Å². The fourth-order valence-corrected chi connectivity index (χ4v) is 6.71. The molecule has 3 unspecified atom stereocenters. The molecule has 3 fully saturated rings. The van der Waals surface area contributed by atoms with Crippen LogP contribution in [0, 0.1) is 29.1 Å². The summed E-state index contributed by atoms with van der Waals surface area (Å²) in [6.45, 7) is 0. The predicted molar refractivity (Wildman–Crippen MR) is 136 cm³/mol. The summed E-state index contributed by atoms with van der Waals surface area (Å²) in [5.41, 5.74) is 0.423. The lowest BCUT2D eigenvalue weighted by molar-refractivity contribution is -0.0436. The lowest BCUT2D eigenvalue weighted by Gasteiger charge is -2.41. The Morgan fingerprint density at radius 1 is 1.15 bits per heavy atom. The molecule has 210 valence electrons. The van der Waals surface area contributed by atoms with Crippen LogP contribution in [-0.4, -0.2) is 53.6 Å². The van der Waals surface area contributed by atoms with Gasteiger partial charge in [0.25, 0.3) is 15.7 Å². The molecule has 39 heavy (non-hydrogen) atoms. The minimum absolute atomic E-state index is 0.0560. The highest BCUT2D eigenvalue weighted by Gasteiger charge is 2.47. The maximum Gasteiger partial charge on any atom is 0.501 e. The standard InChI is InChI=1S/C26H31F3N6O3S/c1-34(23(15-2-3-15)16-4-5-16)19-8-11-22(17(12-19)13-30)35-14-21(24(31)36)25(33-35)32-18-6-9-20(10-7-18)39(37,38)26(27,28)29/h6-7,9-10,14-17,19,22-23H,2-5,8,11-12H2,1H3,(H2,31,36)(H,32,33). The smallest absolute Gasteiger partial charge is 0.365 e. The summed E-state index contributed by atoms with van der Waals surface area (Å²) in [6, 6.07) is 7.00. The molecule has 9 nitrogen and oxygen atoms in total. The summed E-state index contributed by atoms with van der Waals surface area (Å²) in [6.07, 6.45) is 8.88. The van der Waals surface area contributed by atoms with Gasteiger partial charge in [-0.15, -0.1) is 0 Å². The van der Waals surface area contributed by atoms with Crippen molar-refractivity contribution in [3.8, 4) is 6.07 Å². The molecular weight excluding hydrogens is 533 g/mol. The fraction of sp³-hybridized carbons (Fsp3) is 0.577. The quantitative estimate of drug-likeness (QED) is 0.462. The van der Waals surface area contributed by atoms with Gasteiger partial charge in [-0.2, -0.15) is 23.5 Å². The van der Waals surface area contributed by atoms with E-state index in [4.69, 9.17) is 5.73 Å². The second kappa shape index (κ2) is 10.1. The number of nitriles is 1. The summed E-state index contributed by atoms with van der Waals surface area (Å²) >= 11 is 0. The molecule has 1 heterocycles. The van der Waals surface area contributed by atoms with Gasteiger partial charge in [0, 0.05) is 24.0 Å². The Kier molecular flexibility index (Phi) is 7.13. The van der Waals surface area contributed by atoms with E-state index in [9.17, 15) is 31.6 Å². The Morgan fingerprint density at radius 2 is 1.77 bits per heavy atom. The van der Waals surface area contributed by atoms with Crippen molar-refractivity contribution >= 4 is 27.2 Å². The summed E-state index contributed by atoms with van der Waals surface area (Å²) < 4.78 is 63.4. The van der Waals surface area contributed by atoms with E-state index in [2.05, 4.69) is 28.4 Å². The second-order valence-corrected chi connectivity index (χ2v) is 12.9. The molecule has 3 aliphatic carbocycles. The minimum Gasteiger partial charge on any atom is -0.365 e. The largest absolute Gasteiger partial charge is 0.501 e. The van der Waals surface area contributed by atoms with Crippen LogP contribution >= 0.6 is 0 Å². The number of nitrogens with two attached hydrogens (primary N) is 1. The molecule has 13 heteroatoms. The normalized spacial score (nSPS) is 24.1.